The second-order valence-corrected chi connectivity index (χ2v) is 9.28. The van der Waals surface area contributed by atoms with E-state index in [0.29, 0.717) is 22.3 Å². The fourth-order valence-electron chi connectivity index (χ4n) is 3.12. The Labute approximate surface area is 186 Å². The molecule has 0 N–H and O–H groups in total. The first-order chi connectivity index (χ1) is 15.3. The lowest BCUT2D eigenvalue weighted by atomic mass is 10.1. The number of ether oxygens (including phenoxy) is 1. The highest BCUT2D eigenvalue weighted by Gasteiger charge is 2.27. The standard InChI is InChI=1S/C24H21N3O4S/c1-16-11-13-20(14-12-16)32(29,30)27(3)23-24(26-22-10-5-4-9-21(22)25-23)31-19-8-6-7-18(15-19)17(2)28/h4-15H,1-3H3. The van der Waals surface area contributed by atoms with Crippen LogP contribution in [0.5, 0.6) is 11.6 Å². The van der Waals surface area contributed by atoms with Crippen molar-refractivity contribution in [2.24, 2.45) is 0 Å². The van der Waals surface area contributed by atoms with Crippen molar-refractivity contribution in [1.29, 1.82) is 0 Å². The average molecular weight is 448 g/mol. The number of aromatic nitrogens is 2. The Kier molecular flexibility index (Phi) is 5.63. The Hall–Kier alpha value is -3.78. The van der Waals surface area contributed by atoms with Crippen LogP contribution >= 0.6 is 0 Å². The van der Waals surface area contributed by atoms with Crippen molar-refractivity contribution >= 4 is 32.7 Å². The van der Waals surface area contributed by atoms with Gasteiger partial charge in [-0.2, -0.15) is 0 Å². The number of fused-ring (bicyclic) bond motifs is 1. The summed E-state index contributed by atoms with van der Waals surface area (Å²) < 4.78 is 33.6. The van der Waals surface area contributed by atoms with Crippen molar-refractivity contribution in [2.45, 2.75) is 18.7 Å². The second kappa shape index (κ2) is 8.39. The number of sulfonamides is 1. The van der Waals surface area contributed by atoms with Gasteiger partial charge in [0.1, 0.15) is 5.75 Å². The third-order valence-electron chi connectivity index (χ3n) is 4.95. The smallest absolute Gasteiger partial charge is 0.265 e. The van der Waals surface area contributed by atoms with E-state index in [1.54, 1.807) is 66.7 Å². The summed E-state index contributed by atoms with van der Waals surface area (Å²) in [6.07, 6.45) is 0. The summed E-state index contributed by atoms with van der Waals surface area (Å²) in [7, 11) is -2.51. The fraction of sp³-hybridized carbons (Fsp3) is 0.125. The predicted octanol–water partition coefficient (Wildman–Crippen LogP) is 4.76. The zero-order chi connectivity index (χ0) is 22.9. The molecule has 1 heterocycles. The summed E-state index contributed by atoms with van der Waals surface area (Å²) in [4.78, 5) is 20.9. The molecule has 0 aliphatic carbocycles. The van der Waals surface area contributed by atoms with E-state index >= 15 is 0 Å². The molecule has 3 aromatic carbocycles. The van der Waals surface area contributed by atoms with Crippen LogP contribution < -0.4 is 9.04 Å². The van der Waals surface area contributed by atoms with Crippen LogP contribution in [0.1, 0.15) is 22.8 Å². The van der Waals surface area contributed by atoms with Crippen molar-refractivity contribution < 1.29 is 17.9 Å². The summed E-state index contributed by atoms with van der Waals surface area (Å²) in [5.74, 6) is 0.295. The summed E-state index contributed by atoms with van der Waals surface area (Å²) in [5.41, 5.74) is 2.50. The Morgan fingerprint density at radius 3 is 2.22 bits per heavy atom. The van der Waals surface area contributed by atoms with Crippen LogP contribution in [0.15, 0.2) is 77.7 Å². The molecule has 0 saturated heterocycles. The Bertz CT molecular complexity index is 1420. The van der Waals surface area contributed by atoms with Gasteiger partial charge >= 0.3 is 0 Å². The van der Waals surface area contributed by atoms with Gasteiger partial charge in [0.2, 0.25) is 5.82 Å². The number of ketones is 1. The predicted molar refractivity (Wildman–Crippen MR) is 123 cm³/mol. The largest absolute Gasteiger partial charge is 0.436 e. The number of carbonyl (C=O) groups excluding carboxylic acids is 1. The minimum absolute atomic E-state index is 0.0163. The van der Waals surface area contributed by atoms with Crippen LogP contribution in [0, 0.1) is 6.92 Å². The van der Waals surface area contributed by atoms with Gasteiger partial charge in [0.25, 0.3) is 15.9 Å². The molecule has 0 amide bonds. The maximum Gasteiger partial charge on any atom is 0.265 e. The number of rotatable bonds is 6. The molecule has 4 rings (SSSR count). The van der Waals surface area contributed by atoms with E-state index in [9.17, 15) is 13.2 Å². The molecule has 32 heavy (non-hydrogen) atoms. The van der Waals surface area contributed by atoms with Gasteiger partial charge in [-0.15, -0.1) is 0 Å². The molecule has 4 aromatic rings. The SMILES string of the molecule is CC(=O)c1cccc(Oc2nc3ccccc3nc2N(C)S(=O)(=O)c2ccc(C)cc2)c1. The van der Waals surface area contributed by atoms with Gasteiger partial charge in [-0.25, -0.2) is 22.7 Å². The maximum absolute atomic E-state index is 13.3. The number of aryl methyl sites for hydroxylation is 1. The highest BCUT2D eigenvalue weighted by atomic mass is 32.2. The molecule has 0 radical (unpaired) electrons. The third-order valence-corrected chi connectivity index (χ3v) is 6.72. The van der Waals surface area contributed by atoms with Crippen molar-refractivity contribution in [3.05, 3.63) is 83.9 Å². The number of nitrogens with zero attached hydrogens (tertiary/aromatic N) is 3. The number of carbonyl (C=O) groups is 1. The first kappa shape index (κ1) is 21.5. The quantitative estimate of drug-likeness (QED) is 0.396. The lowest BCUT2D eigenvalue weighted by Crippen LogP contribution is -2.28. The summed E-state index contributed by atoms with van der Waals surface area (Å²) >= 11 is 0. The van der Waals surface area contributed by atoms with Gasteiger partial charge in [-0.3, -0.25) is 4.79 Å². The van der Waals surface area contributed by atoms with Crippen molar-refractivity contribution in [3.63, 3.8) is 0 Å². The molecule has 0 saturated carbocycles. The molecule has 8 heteroatoms. The van der Waals surface area contributed by atoms with Crippen LogP contribution in [-0.2, 0) is 10.0 Å². The van der Waals surface area contributed by atoms with Gasteiger partial charge in [0.15, 0.2) is 5.78 Å². The number of benzene rings is 3. The van der Waals surface area contributed by atoms with E-state index in [2.05, 4.69) is 9.97 Å². The second-order valence-electron chi connectivity index (χ2n) is 7.31. The zero-order valence-electron chi connectivity index (χ0n) is 17.8. The molecule has 1 aromatic heterocycles. The van der Waals surface area contributed by atoms with Crippen molar-refractivity contribution in [2.75, 3.05) is 11.4 Å². The van der Waals surface area contributed by atoms with E-state index in [4.69, 9.17) is 4.74 Å². The van der Waals surface area contributed by atoms with E-state index in [0.717, 1.165) is 9.87 Å². The van der Waals surface area contributed by atoms with Gasteiger partial charge in [-0.05, 0) is 50.2 Å². The highest BCUT2D eigenvalue weighted by molar-refractivity contribution is 7.92. The van der Waals surface area contributed by atoms with Gasteiger partial charge in [0.05, 0.1) is 15.9 Å². The Morgan fingerprint density at radius 2 is 1.56 bits per heavy atom. The highest BCUT2D eigenvalue weighted by Crippen LogP contribution is 2.33. The van der Waals surface area contributed by atoms with Crippen LogP contribution in [0.3, 0.4) is 0 Å². The summed E-state index contributed by atoms with van der Waals surface area (Å²) in [6, 6.07) is 20.3. The summed E-state index contributed by atoms with van der Waals surface area (Å²) in [6.45, 7) is 3.35. The average Bonchev–Trinajstić information content (AvgIpc) is 2.78. The van der Waals surface area contributed by atoms with Crippen molar-refractivity contribution in [3.8, 4) is 11.6 Å². The third kappa shape index (κ3) is 4.17. The van der Waals surface area contributed by atoms with E-state index in [-0.39, 0.29) is 22.4 Å². The molecule has 7 nitrogen and oxygen atoms in total. The first-order valence-electron chi connectivity index (χ1n) is 9.87. The number of Topliss-reactive ketones (excluding diaryl/α,β-unsaturated/α-hetero) is 1. The molecule has 0 aliphatic heterocycles. The molecule has 0 aliphatic rings. The van der Waals surface area contributed by atoms with Gasteiger partial charge in [-0.1, -0.05) is 42.0 Å². The van der Waals surface area contributed by atoms with Gasteiger partial charge < -0.3 is 4.74 Å². The zero-order valence-corrected chi connectivity index (χ0v) is 18.6. The van der Waals surface area contributed by atoms with Crippen LogP contribution in [-0.4, -0.2) is 31.2 Å². The topological polar surface area (TPSA) is 89.5 Å². The molecule has 162 valence electrons. The van der Waals surface area contributed by atoms with Crippen LogP contribution in [0.25, 0.3) is 11.0 Å². The molecule has 0 unspecified atom stereocenters. The minimum Gasteiger partial charge on any atom is -0.436 e. The van der Waals surface area contributed by atoms with Crippen molar-refractivity contribution in [1.82, 2.24) is 9.97 Å². The first-order valence-corrected chi connectivity index (χ1v) is 11.3. The maximum atomic E-state index is 13.3. The van der Waals surface area contributed by atoms with E-state index in [1.807, 2.05) is 13.0 Å². The number of anilines is 1. The number of para-hydroxylation sites is 2. The fourth-order valence-corrected chi connectivity index (χ4v) is 4.26. The lowest BCUT2D eigenvalue weighted by Gasteiger charge is -2.21. The molecular formula is C24H21N3O4S. The lowest BCUT2D eigenvalue weighted by molar-refractivity contribution is 0.101. The molecule has 0 bridgehead atoms. The Morgan fingerprint density at radius 1 is 0.906 bits per heavy atom. The van der Waals surface area contributed by atoms with E-state index < -0.39 is 10.0 Å². The molecular weight excluding hydrogens is 426 g/mol. The monoisotopic (exact) mass is 447 g/mol. The number of hydrogen-bond acceptors (Lipinski definition) is 6. The van der Waals surface area contributed by atoms with Crippen LogP contribution in [0.2, 0.25) is 0 Å². The Balaban J connectivity index is 1.83. The van der Waals surface area contributed by atoms with Gasteiger partial charge in [0, 0.05) is 12.6 Å². The molecule has 0 atom stereocenters. The summed E-state index contributed by atoms with van der Waals surface area (Å²) in [5, 5.41) is 0. The minimum atomic E-state index is -3.92. The number of hydrogen-bond donors (Lipinski definition) is 0. The normalized spacial score (nSPS) is 11.3. The van der Waals surface area contributed by atoms with E-state index in [1.165, 1.54) is 14.0 Å². The molecule has 0 spiro atoms. The molecule has 0 fully saturated rings. The van der Waals surface area contributed by atoms with Crippen LogP contribution in [0.4, 0.5) is 5.82 Å².